The van der Waals surface area contributed by atoms with Crippen molar-refractivity contribution in [3.63, 3.8) is 0 Å². The van der Waals surface area contributed by atoms with Gasteiger partial charge < -0.3 is 24.4 Å². The summed E-state index contributed by atoms with van der Waals surface area (Å²) in [6.07, 6.45) is 2.58. The zero-order valence-corrected chi connectivity index (χ0v) is 27.2. The molecule has 1 amide bonds. The van der Waals surface area contributed by atoms with Gasteiger partial charge in [0.1, 0.15) is 37.7 Å². The molecule has 12 nitrogen and oxygen atoms in total. The van der Waals surface area contributed by atoms with Crippen molar-refractivity contribution in [1.82, 2.24) is 19.1 Å². The molecule has 2 aliphatic rings. The fourth-order valence-corrected chi connectivity index (χ4v) is 7.51. The minimum Gasteiger partial charge on any atom is -0.489 e. The molecule has 242 valence electrons. The number of aromatic nitrogens is 3. The predicted molar refractivity (Wildman–Crippen MR) is 173 cm³/mol. The summed E-state index contributed by atoms with van der Waals surface area (Å²) in [5, 5.41) is 7.76. The third-order valence-electron chi connectivity index (χ3n) is 7.72. The molecule has 1 N–H and O–H groups in total. The molecule has 0 unspecified atom stereocenters. The standard InChI is InChI=1S/C31H32Cl2N6O6S/c1-22(40)36-24-7-9-26(10-8-24)46(41,42)39-14-12-37(13-15-39)29-4-2-3-5-30(29)43-17-25-18-44-31(45-25,19-38-21-34-20-35-38)27-11-6-23(32)16-28(27)33/h2-11,16,20-21,25H,12-15,17-19H2,1H3,(H,36,40)/t25-,31-/m1/s1. The zero-order valence-electron chi connectivity index (χ0n) is 24.9. The number of carbonyl (C=O) groups excluding carboxylic acids is 1. The second-order valence-electron chi connectivity index (χ2n) is 10.9. The van der Waals surface area contributed by atoms with E-state index >= 15 is 0 Å². The molecule has 15 heteroatoms. The van der Waals surface area contributed by atoms with Gasteiger partial charge in [-0.1, -0.05) is 41.4 Å². The van der Waals surface area contributed by atoms with Crippen LogP contribution in [0.2, 0.25) is 10.0 Å². The minimum absolute atomic E-state index is 0.178. The Bertz CT molecular complexity index is 1790. The Balaban J connectivity index is 1.10. The molecule has 0 aliphatic carbocycles. The maximum absolute atomic E-state index is 13.3. The van der Waals surface area contributed by atoms with Crippen molar-refractivity contribution < 1.29 is 27.4 Å². The van der Waals surface area contributed by atoms with Crippen LogP contribution in [0, 0.1) is 0 Å². The highest BCUT2D eigenvalue weighted by atomic mass is 35.5. The first-order valence-electron chi connectivity index (χ1n) is 14.6. The molecule has 2 fully saturated rings. The average molecular weight is 688 g/mol. The number of para-hydroxylation sites is 2. The molecular formula is C31H32Cl2N6O6S. The SMILES string of the molecule is CC(=O)Nc1ccc(S(=O)(=O)N2CCN(c3ccccc3OC[C@@H]3CO[C@@](Cn4cncn4)(c4ccc(Cl)cc4Cl)O3)CC2)cc1. The van der Waals surface area contributed by atoms with Gasteiger partial charge in [0.15, 0.2) is 0 Å². The van der Waals surface area contributed by atoms with Crippen LogP contribution in [-0.2, 0) is 36.6 Å². The number of benzene rings is 3. The van der Waals surface area contributed by atoms with Gasteiger partial charge in [-0.05, 0) is 48.5 Å². The summed E-state index contributed by atoms with van der Waals surface area (Å²) in [4.78, 5) is 17.6. The summed E-state index contributed by atoms with van der Waals surface area (Å²) in [5.41, 5.74) is 2.01. The Kier molecular flexibility index (Phi) is 9.50. The molecule has 3 aromatic carbocycles. The monoisotopic (exact) mass is 686 g/mol. The van der Waals surface area contributed by atoms with Gasteiger partial charge in [-0.15, -0.1) is 0 Å². The fraction of sp³-hybridized carbons (Fsp3) is 0.323. The first kappa shape index (κ1) is 32.2. The van der Waals surface area contributed by atoms with E-state index in [1.54, 1.807) is 41.3 Å². The van der Waals surface area contributed by atoms with Gasteiger partial charge in [-0.2, -0.15) is 9.40 Å². The highest BCUT2D eigenvalue weighted by Gasteiger charge is 2.46. The summed E-state index contributed by atoms with van der Waals surface area (Å²) in [7, 11) is -3.70. The topological polar surface area (TPSA) is 128 Å². The van der Waals surface area contributed by atoms with E-state index in [2.05, 4.69) is 20.3 Å². The largest absolute Gasteiger partial charge is 0.489 e. The summed E-state index contributed by atoms with van der Waals surface area (Å²) < 4.78 is 48.8. The van der Waals surface area contributed by atoms with E-state index < -0.39 is 21.9 Å². The van der Waals surface area contributed by atoms with Gasteiger partial charge in [-0.3, -0.25) is 4.79 Å². The third-order valence-corrected chi connectivity index (χ3v) is 10.2. The highest BCUT2D eigenvalue weighted by molar-refractivity contribution is 7.89. The highest BCUT2D eigenvalue weighted by Crippen LogP contribution is 2.41. The summed E-state index contributed by atoms with van der Waals surface area (Å²) in [6, 6.07) is 19.0. The molecule has 46 heavy (non-hydrogen) atoms. The van der Waals surface area contributed by atoms with E-state index in [1.165, 1.54) is 29.7 Å². The molecule has 4 aromatic rings. The number of sulfonamides is 1. The quantitative estimate of drug-likeness (QED) is 0.258. The normalized spacial score (nSPS) is 20.5. The van der Waals surface area contributed by atoms with Gasteiger partial charge in [0, 0.05) is 49.4 Å². The fourth-order valence-electron chi connectivity index (χ4n) is 5.54. The van der Waals surface area contributed by atoms with Crippen molar-refractivity contribution in [2.45, 2.75) is 30.3 Å². The number of hydrogen-bond donors (Lipinski definition) is 1. The maximum Gasteiger partial charge on any atom is 0.243 e. The third kappa shape index (κ3) is 6.99. The molecule has 0 radical (unpaired) electrons. The number of hydrogen-bond acceptors (Lipinski definition) is 9. The second-order valence-corrected chi connectivity index (χ2v) is 13.7. The summed E-state index contributed by atoms with van der Waals surface area (Å²) in [5.74, 6) is -0.803. The molecular weight excluding hydrogens is 655 g/mol. The molecule has 2 saturated heterocycles. The molecule has 0 saturated carbocycles. The number of piperazine rings is 1. The van der Waals surface area contributed by atoms with E-state index in [-0.39, 0.29) is 30.6 Å². The van der Waals surface area contributed by atoms with Crippen molar-refractivity contribution in [1.29, 1.82) is 0 Å². The first-order valence-corrected chi connectivity index (χ1v) is 16.8. The maximum atomic E-state index is 13.3. The molecule has 0 bridgehead atoms. The number of ether oxygens (including phenoxy) is 3. The van der Waals surface area contributed by atoms with E-state index in [0.717, 1.165) is 5.69 Å². The van der Waals surface area contributed by atoms with Crippen molar-refractivity contribution in [3.8, 4) is 5.75 Å². The number of nitrogens with one attached hydrogen (secondary N) is 1. The van der Waals surface area contributed by atoms with Gasteiger partial charge in [-0.25, -0.2) is 18.1 Å². The Morgan fingerprint density at radius 1 is 1.07 bits per heavy atom. The molecule has 0 spiro atoms. The first-order chi connectivity index (χ1) is 22.1. The van der Waals surface area contributed by atoms with Crippen molar-refractivity contribution >= 4 is 50.5 Å². The van der Waals surface area contributed by atoms with Crippen LogP contribution in [0.25, 0.3) is 0 Å². The molecule has 2 aliphatic heterocycles. The lowest BCUT2D eigenvalue weighted by molar-refractivity contribution is -0.190. The van der Waals surface area contributed by atoms with E-state index in [4.69, 9.17) is 37.4 Å². The van der Waals surface area contributed by atoms with Gasteiger partial charge in [0.25, 0.3) is 0 Å². The predicted octanol–water partition coefficient (Wildman–Crippen LogP) is 4.40. The number of rotatable bonds is 10. The minimum atomic E-state index is -3.70. The van der Waals surface area contributed by atoms with E-state index in [9.17, 15) is 13.2 Å². The smallest absolute Gasteiger partial charge is 0.243 e. The van der Waals surface area contributed by atoms with Crippen LogP contribution >= 0.6 is 23.2 Å². The van der Waals surface area contributed by atoms with Crippen LogP contribution in [0.5, 0.6) is 5.75 Å². The van der Waals surface area contributed by atoms with Crippen LogP contribution in [0.3, 0.4) is 0 Å². The average Bonchev–Trinajstić information content (AvgIpc) is 3.71. The van der Waals surface area contributed by atoms with Crippen LogP contribution < -0.4 is 15.0 Å². The van der Waals surface area contributed by atoms with Crippen LogP contribution in [0.15, 0.2) is 84.3 Å². The number of anilines is 2. The van der Waals surface area contributed by atoms with Gasteiger partial charge in [0.05, 0.1) is 22.2 Å². The van der Waals surface area contributed by atoms with Crippen LogP contribution in [0.1, 0.15) is 12.5 Å². The lowest BCUT2D eigenvalue weighted by atomic mass is 10.1. The Hall–Kier alpha value is -3.72. The van der Waals surface area contributed by atoms with Crippen LogP contribution in [0.4, 0.5) is 11.4 Å². The zero-order chi connectivity index (χ0) is 32.3. The van der Waals surface area contributed by atoms with Crippen molar-refractivity contribution in [2.24, 2.45) is 0 Å². The lowest BCUT2D eigenvalue weighted by Crippen LogP contribution is -2.48. The van der Waals surface area contributed by atoms with Crippen molar-refractivity contribution in [2.75, 3.05) is 49.6 Å². The number of nitrogens with zero attached hydrogens (tertiary/aromatic N) is 5. The molecule has 3 heterocycles. The Morgan fingerprint density at radius 3 is 2.52 bits per heavy atom. The number of carbonyl (C=O) groups is 1. The van der Waals surface area contributed by atoms with Gasteiger partial charge in [0.2, 0.25) is 21.7 Å². The molecule has 6 rings (SSSR count). The summed E-state index contributed by atoms with van der Waals surface area (Å²) in [6.45, 7) is 3.62. The van der Waals surface area contributed by atoms with Crippen LogP contribution in [-0.4, -0.2) is 78.9 Å². The Labute approximate surface area is 276 Å². The van der Waals surface area contributed by atoms with Gasteiger partial charge >= 0.3 is 0 Å². The molecule has 2 atom stereocenters. The lowest BCUT2D eigenvalue weighted by Gasteiger charge is -2.36. The second kappa shape index (κ2) is 13.6. The summed E-state index contributed by atoms with van der Waals surface area (Å²) >= 11 is 12.7. The van der Waals surface area contributed by atoms with Crippen molar-refractivity contribution in [3.05, 3.63) is 95.0 Å². The number of amides is 1. The number of halogens is 2. The molecule has 1 aromatic heterocycles. The van der Waals surface area contributed by atoms with E-state index in [1.807, 2.05) is 24.3 Å². The van der Waals surface area contributed by atoms with E-state index in [0.29, 0.717) is 53.2 Å². The Morgan fingerprint density at radius 2 is 1.83 bits per heavy atom.